The normalized spacial score (nSPS) is 20.9. The van der Waals surface area contributed by atoms with Gasteiger partial charge in [0.05, 0.1) is 7.11 Å². The third-order valence-electron chi connectivity index (χ3n) is 6.07. The second kappa shape index (κ2) is 13.0. The van der Waals surface area contributed by atoms with Gasteiger partial charge in [-0.2, -0.15) is 0 Å². The zero-order chi connectivity index (χ0) is 20.8. The Morgan fingerprint density at radius 2 is 1.75 bits per heavy atom. The molecular weight excluding hydrogens is 445 g/mol. The van der Waals surface area contributed by atoms with Gasteiger partial charge < -0.3 is 5.32 Å². The molecule has 1 saturated carbocycles. The molecule has 1 amide bonds. The average molecular weight is 478 g/mol. The molecule has 0 aromatic heterocycles. The van der Waals surface area contributed by atoms with E-state index in [2.05, 4.69) is 75.1 Å². The molecule has 32 heavy (non-hydrogen) atoms. The van der Waals surface area contributed by atoms with Gasteiger partial charge in [-0.15, -0.1) is 24.8 Å². The maximum absolute atomic E-state index is 11.4. The Morgan fingerprint density at radius 3 is 2.41 bits per heavy atom. The number of likely N-dealkylation sites (tertiary alicyclic amines) is 1. The molecular formula is C25H33Cl2N3O2. The summed E-state index contributed by atoms with van der Waals surface area (Å²) < 4.78 is 0. The standard InChI is InChI=1S/C25H31N3O2.2ClH/c1-30-27-25(29)12-11-19-7-9-20(10-8-19)18-28-15-13-22(14-16-28)26-24-17-23(24)21-5-3-2-4-6-21;;/h2-12,22-24,26H,13-18H2,1H3,(H,27,29);2*1H/t23-,24+;;/m0../s1. The number of hydrogen-bond acceptors (Lipinski definition) is 4. The first-order chi connectivity index (χ1) is 14.7. The van der Waals surface area contributed by atoms with E-state index in [0.717, 1.165) is 25.2 Å². The van der Waals surface area contributed by atoms with Crippen molar-refractivity contribution in [1.29, 1.82) is 0 Å². The smallest absolute Gasteiger partial charge is 0.267 e. The Balaban J connectivity index is 0.00000181. The summed E-state index contributed by atoms with van der Waals surface area (Å²) in [5.74, 6) is 0.441. The molecule has 0 unspecified atom stereocenters. The lowest BCUT2D eigenvalue weighted by Gasteiger charge is -2.32. The van der Waals surface area contributed by atoms with Crippen molar-refractivity contribution in [2.24, 2.45) is 0 Å². The molecule has 0 spiro atoms. The van der Waals surface area contributed by atoms with Crippen LogP contribution < -0.4 is 10.8 Å². The first kappa shape index (κ1) is 26.4. The number of nitrogens with zero attached hydrogens (tertiary/aromatic N) is 1. The summed E-state index contributed by atoms with van der Waals surface area (Å²) in [7, 11) is 1.42. The third kappa shape index (κ3) is 7.61. The number of carbonyl (C=O) groups excluding carboxylic acids is 1. The molecule has 174 valence electrons. The van der Waals surface area contributed by atoms with Crippen LogP contribution >= 0.6 is 24.8 Å². The molecule has 0 radical (unpaired) electrons. The van der Waals surface area contributed by atoms with Crippen molar-refractivity contribution in [3.8, 4) is 0 Å². The van der Waals surface area contributed by atoms with Gasteiger partial charge in [-0.05, 0) is 55.1 Å². The van der Waals surface area contributed by atoms with Crippen molar-refractivity contribution in [3.05, 3.63) is 77.4 Å². The molecule has 2 N–H and O–H groups in total. The van der Waals surface area contributed by atoms with Gasteiger partial charge >= 0.3 is 0 Å². The number of nitrogens with one attached hydrogen (secondary N) is 2. The van der Waals surface area contributed by atoms with Gasteiger partial charge in [0.1, 0.15) is 0 Å². The first-order valence-corrected chi connectivity index (χ1v) is 10.8. The Hall–Kier alpha value is -1.89. The second-order valence-electron chi connectivity index (χ2n) is 8.32. The van der Waals surface area contributed by atoms with Crippen molar-refractivity contribution in [2.75, 3.05) is 20.2 Å². The predicted octanol–water partition coefficient (Wildman–Crippen LogP) is 4.33. The minimum Gasteiger partial charge on any atom is -0.311 e. The number of piperidine rings is 1. The summed E-state index contributed by atoms with van der Waals surface area (Å²) in [6, 6.07) is 20.6. The summed E-state index contributed by atoms with van der Waals surface area (Å²) in [6.07, 6.45) is 6.97. The number of hydroxylamine groups is 1. The Morgan fingerprint density at radius 1 is 1.06 bits per heavy atom. The summed E-state index contributed by atoms with van der Waals surface area (Å²) in [4.78, 5) is 18.5. The van der Waals surface area contributed by atoms with Crippen LogP contribution in [0.2, 0.25) is 0 Å². The van der Waals surface area contributed by atoms with Crippen molar-refractivity contribution in [2.45, 2.75) is 43.8 Å². The van der Waals surface area contributed by atoms with Crippen LogP contribution in [0.15, 0.2) is 60.7 Å². The number of hydrogen-bond donors (Lipinski definition) is 2. The van der Waals surface area contributed by atoms with E-state index < -0.39 is 0 Å². The van der Waals surface area contributed by atoms with Gasteiger partial charge in [-0.3, -0.25) is 14.5 Å². The SMILES string of the molecule is CONC(=O)C=Cc1ccc(CN2CCC(N[C@@H]3C[C@H]3c3ccccc3)CC2)cc1.Cl.Cl. The Labute approximate surface area is 203 Å². The summed E-state index contributed by atoms with van der Waals surface area (Å²) >= 11 is 0. The van der Waals surface area contributed by atoms with Crippen LogP contribution in [0.3, 0.4) is 0 Å². The molecule has 4 rings (SSSR count). The molecule has 2 aliphatic rings. The number of rotatable bonds is 8. The molecule has 2 aromatic carbocycles. The van der Waals surface area contributed by atoms with E-state index in [9.17, 15) is 4.79 Å². The van der Waals surface area contributed by atoms with Crippen LogP contribution in [0.25, 0.3) is 6.08 Å². The lowest BCUT2D eigenvalue weighted by molar-refractivity contribution is -0.126. The van der Waals surface area contributed by atoms with Crippen molar-refractivity contribution in [1.82, 2.24) is 15.7 Å². The fraction of sp³-hybridized carbons (Fsp3) is 0.400. The Bertz CT molecular complexity index is 853. The molecule has 2 aromatic rings. The lowest BCUT2D eigenvalue weighted by Crippen LogP contribution is -2.43. The maximum atomic E-state index is 11.4. The molecule has 1 aliphatic carbocycles. The van der Waals surface area contributed by atoms with E-state index >= 15 is 0 Å². The van der Waals surface area contributed by atoms with Crippen LogP contribution in [0.4, 0.5) is 0 Å². The van der Waals surface area contributed by atoms with Crippen LogP contribution in [0.1, 0.15) is 41.9 Å². The van der Waals surface area contributed by atoms with Gasteiger partial charge in [0, 0.05) is 30.6 Å². The highest BCUT2D eigenvalue weighted by Gasteiger charge is 2.39. The first-order valence-electron chi connectivity index (χ1n) is 10.8. The predicted molar refractivity (Wildman–Crippen MR) is 134 cm³/mol. The summed E-state index contributed by atoms with van der Waals surface area (Å²) in [5.41, 5.74) is 6.07. The van der Waals surface area contributed by atoms with Crippen LogP contribution in [-0.4, -0.2) is 43.1 Å². The molecule has 5 nitrogen and oxygen atoms in total. The fourth-order valence-electron chi connectivity index (χ4n) is 4.31. The topological polar surface area (TPSA) is 53.6 Å². The van der Waals surface area contributed by atoms with Crippen LogP contribution in [0, 0.1) is 0 Å². The fourth-order valence-corrected chi connectivity index (χ4v) is 4.31. The minimum atomic E-state index is -0.264. The third-order valence-corrected chi connectivity index (χ3v) is 6.07. The van der Waals surface area contributed by atoms with Gasteiger partial charge in [0.2, 0.25) is 0 Å². The zero-order valence-electron chi connectivity index (χ0n) is 18.4. The van der Waals surface area contributed by atoms with Crippen LogP contribution in [0.5, 0.6) is 0 Å². The minimum absolute atomic E-state index is 0. The molecule has 7 heteroatoms. The molecule has 1 saturated heterocycles. The van der Waals surface area contributed by atoms with E-state index in [1.54, 1.807) is 6.08 Å². The Kier molecular flexibility index (Phi) is 10.7. The van der Waals surface area contributed by atoms with E-state index in [1.807, 2.05) is 0 Å². The van der Waals surface area contributed by atoms with Crippen molar-refractivity contribution in [3.63, 3.8) is 0 Å². The molecule has 2 atom stereocenters. The second-order valence-corrected chi connectivity index (χ2v) is 8.32. The van der Waals surface area contributed by atoms with Gasteiger partial charge in [-0.1, -0.05) is 54.6 Å². The van der Waals surface area contributed by atoms with E-state index in [4.69, 9.17) is 0 Å². The number of halogens is 2. The molecule has 1 heterocycles. The van der Waals surface area contributed by atoms with Gasteiger partial charge in [-0.25, -0.2) is 5.48 Å². The summed E-state index contributed by atoms with van der Waals surface area (Å²) in [5, 5.41) is 3.89. The molecule has 1 aliphatic heterocycles. The van der Waals surface area contributed by atoms with Gasteiger partial charge in [0.15, 0.2) is 0 Å². The number of amides is 1. The number of carbonyl (C=O) groups is 1. The average Bonchev–Trinajstić information content (AvgIpc) is 3.55. The van der Waals surface area contributed by atoms with E-state index in [0.29, 0.717) is 18.0 Å². The molecule has 2 fully saturated rings. The van der Waals surface area contributed by atoms with Crippen molar-refractivity contribution >= 4 is 36.8 Å². The molecule has 0 bridgehead atoms. The van der Waals surface area contributed by atoms with Crippen molar-refractivity contribution < 1.29 is 9.63 Å². The highest BCUT2D eigenvalue weighted by Crippen LogP contribution is 2.41. The quantitative estimate of drug-likeness (QED) is 0.438. The lowest BCUT2D eigenvalue weighted by atomic mass is 10.0. The monoisotopic (exact) mass is 477 g/mol. The van der Waals surface area contributed by atoms with E-state index in [-0.39, 0.29) is 30.7 Å². The highest BCUT2D eigenvalue weighted by molar-refractivity contribution is 5.90. The van der Waals surface area contributed by atoms with Crippen LogP contribution in [-0.2, 0) is 16.2 Å². The highest BCUT2D eigenvalue weighted by atomic mass is 35.5. The number of benzene rings is 2. The van der Waals surface area contributed by atoms with E-state index in [1.165, 1.54) is 43.6 Å². The zero-order valence-corrected chi connectivity index (χ0v) is 20.0. The summed E-state index contributed by atoms with van der Waals surface area (Å²) in [6.45, 7) is 3.26. The maximum Gasteiger partial charge on any atom is 0.267 e. The largest absolute Gasteiger partial charge is 0.311 e. The van der Waals surface area contributed by atoms with Gasteiger partial charge in [0.25, 0.3) is 5.91 Å².